The molecule has 0 aliphatic heterocycles. The molecule has 0 aliphatic rings. The zero-order valence-corrected chi connectivity index (χ0v) is 17.8. The third kappa shape index (κ3) is 10.3. The van der Waals surface area contributed by atoms with Crippen LogP contribution in [-0.2, 0) is 9.47 Å². The third-order valence-corrected chi connectivity index (χ3v) is 5.21. The zero-order valence-electron chi connectivity index (χ0n) is 16.9. The van der Waals surface area contributed by atoms with Gasteiger partial charge in [-0.3, -0.25) is 0 Å². The SMILES string of the molecule is CCCCCCCCC(CCCS)C(CCCC)(OCC)OCC. The molecule has 146 valence electrons. The molecule has 24 heavy (non-hydrogen) atoms. The average molecular weight is 361 g/mol. The number of unbranched alkanes of at least 4 members (excludes halogenated alkanes) is 6. The molecule has 0 amide bonds. The summed E-state index contributed by atoms with van der Waals surface area (Å²) in [5.41, 5.74) is 0. The summed E-state index contributed by atoms with van der Waals surface area (Å²) in [6.07, 6.45) is 15.0. The first kappa shape index (κ1) is 24.3. The van der Waals surface area contributed by atoms with E-state index in [1.807, 2.05) is 0 Å². The topological polar surface area (TPSA) is 18.5 Å². The minimum Gasteiger partial charge on any atom is -0.350 e. The largest absolute Gasteiger partial charge is 0.350 e. The van der Waals surface area contributed by atoms with Crippen LogP contribution >= 0.6 is 12.6 Å². The molecular formula is C21H44O2S. The molecule has 0 fully saturated rings. The van der Waals surface area contributed by atoms with Crippen molar-refractivity contribution < 1.29 is 9.47 Å². The Balaban J connectivity index is 4.78. The van der Waals surface area contributed by atoms with Crippen molar-refractivity contribution in [1.82, 2.24) is 0 Å². The summed E-state index contributed by atoms with van der Waals surface area (Å²) in [7, 11) is 0. The number of hydrogen-bond acceptors (Lipinski definition) is 3. The fraction of sp³-hybridized carbons (Fsp3) is 1.00. The van der Waals surface area contributed by atoms with Crippen molar-refractivity contribution in [2.24, 2.45) is 5.92 Å². The highest BCUT2D eigenvalue weighted by Gasteiger charge is 2.39. The van der Waals surface area contributed by atoms with Gasteiger partial charge in [-0.2, -0.15) is 12.6 Å². The Bertz CT molecular complexity index is 252. The molecule has 2 nitrogen and oxygen atoms in total. The number of thiol groups is 1. The Morgan fingerprint density at radius 3 is 1.79 bits per heavy atom. The minimum absolute atomic E-state index is 0.369. The van der Waals surface area contributed by atoms with Crippen molar-refractivity contribution >= 4 is 12.6 Å². The van der Waals surface area contributed by atoms with Crippen molar-refractivity contribution in [1.29, 1.82) is 0 Å². The second-order valence-electron chi connectivity index (χ2n) is 6.90. The van der Waals surface area contributed by atoms with Crippen molar-refractivity contribution in [3.8, 4) is 0 Å². The van der Waals surface area contributed by atoms with Gasteiger partial charge in [-0.1, -0.05) is 58.8 Å². The van der Waals surface area contributed by atoms with E-state index in [-0.39, 0.29) is 5.79 Å². The number of ether oxygens (including phenoxy) is 2. The van der Waals surface area contributed by atoms with E-state index in [0.29, 0.717) is 5.92 Å². The van der Waals surface area contributed by atoms with E-state index in [1.165, 1.54) is 64.2 Å². The summed E-state index contributed by atoms with van der Waals surface area (Å²) >= 11 is 4.43. The maximum atomic E-state index is 6.28. The predicted octanol–water partition coefficient (Wildman–Crippen LogP) is 7.02. The monoisotopic (exact) mass is 360 g/mol. The molecule has 0 aromatic rings. The molecule has 1 atom stereocenters. The smallest absolute Gasteiger partial charge is 0.171 e. The zero-order chi connectivity index (χ0) is 18.1. The Morgan fingerprint density at radius 1 is 0.708 bits per heavy atom. The Kier molecular flexibility index (Phi) is 16.9. The molecule has 0 spiro atoms. The van der Waals surface area contributed by atoms with Gasteiger partial charge in [0.2, 0.25) is 0 Å². The van der Waals surface area contributed by atoms with Gasteiger partial charge in [-0.15, -0.1) is 0 Å². The van der Waals surface area contributed by atoms with Crippen LogP contribution in [0.2, 0.25) is 0 Å². The minimum atomic E-state index is -0.369. The van der Waals surface area contributed by atoms with Crippen molar-refractivity contribution in [3.63, 3.8) is 0 Å². The van der Waals surface area contributed by atoms with Gasteiger partial charge in [0.05, 0.1) is 0 Å². The first-order valence-corrected chi connectivity index (χ1v) is 11.2. The molecule has 0 aliphatic carbocycles. The summed E-state index contributed by atoms with van der Waals surface area (Å²) in [6, 6.07) is 0. The van der Waals surface area contributed by atoms with Gasteiger partial charge in [-0.05, 0) is 45.3 Å². The van der Waals surface area contributed by atoms with Crippen LogP contribution in [0.3, 0.4) is 0 Å². The second-order valence-corrected chi connectivity index (χ2v) is 7.35. The molecule has 1 unspecified atom stereocenters. The lowest BCUT2D eigenvalue weighted by molar-refractivity contribution is -0.270. The van der Waals surface area contributed by atoms with Crippen LogP contribution < -0.4 is 0 Å². The first-order chi connectivity index (χ1) is 11.7. The molecular weight excluding hydrogens is 316 g/mol. The first-order valence-electron chi connectivity index (χ1n) is 10.6. The normalized spacial score (nSPS) is 13.4. The Labute approximate surface area is 157 Å². The van der Waals surface area contributed by atoms with Crippen LogP contribution in [0, 0.1) is 5.92 Å². The van der Waals surface area contributed by atoms with Crippen LogP contribution in [-0.4, -0.2) is 24.8 Å². The molecule has 0 N–H and O–H groups in total. The fourth-order valence-corrected chi connectivity index (χ4v) is 3.81. The highest BCUT2D eigenvalue weighted by atomic mass is 32.1. The average Bonchev–Trinajstić information content (AvgIpc) is 2.58. The van der Waals surface area contributed by atoms with Crippen molar-refractivity contribution in [3.05, 3.63) is 0 Å². The molecule has 0 aromatic heterocycles. The van der Waals surface area contributed by atoms with E-state index in [4.69, 9.17) is 9.47 Å². The standard InChI is InChI=1S/C21H44O2S/c1-5-9-11-12-13-14-16-20(17-15-19-24)21(22-7-3,23-8-4)18-10-6-2/h20,24H,5-19H2,1-4H3. The van der Waals surface area contributed by atoms with Crippen molar-refractivity contribution in [2.45, 2.75) is 111 Å². The summed E-state index contributed by atoms with van der Waals surface area (Å²) in [6.45, 7) is 10.2. The van der Waals surface area contributed by atoms with E-state index >= 15 is 0 Å². The number of rotatable bonds is 18. The Morgan fingerprint density at radius 2 is 1.25 bits per heavy atom. The lowest BCUT2D eigenvalue weighted by atomic mass is 9.85. The maximum absolute atomic E-state index is 6.28. The second kappa shape index (κ2) is 16.7. The van der Waals surface area contributed by atoms with Crippen LogP contribution in [0.4, 0.5) is 0 Å². The van der Waals surface area contributed by atoms with Gasteiger partial charge < -0.3 is 9.47 Å². The van der Waals surface area contributed by atoms with Crippen LogP contribution in [0.15, 0.2) is 0 Å². The third-order valence-electron chi connectivity index (χ3n) is 4.89. The quantitative estimate of drug-likeness (QED) is 0.161. The summed E-state index contributed by atoms with van der Waals surface area (Å²) in [5.74, 6) is 1.09. The van der Waals surface area contributed by atoms with Gasteiger partial charge >= 0.3 is 0 Å². The van der Waals surface area contributed by atoms with E-state index in [0.717, 1.165) is 31.8 Å². The van der Waals surface area contributed by atoms with Gasteiger partial charge in [0, 0.05) is 25.6 Å². The molecule has 0 radical (unpaired) electrons. The molecule has 0 heterocycles. The molecule has 0 saturated heterocycles. The van der Waals surface area contributed by atoms with E-state index < -0.39 is 0 Å². The van der Waals surface area contributed by atoms with Gasteiger partial charge in [-0.25, -0.2) is 0 Å². The van der Waals surface area contributed by atoms with Crippen LogP contribution in [0.1, 0.15) is 105 Å². The predicted molar refractivity (Wildman–Crippen MR) is 110 cm³/mol. The molecule has 0 saturated carbocycles. The lowest BCUT2D eigenvalue weighted by Gasteiger charge is -2.40. The molecule has 0 bridgehead atoms. The van der Waals surface area contributed by atoms with E-state index in [1.54, 1.807) is 0 Å². The lowest BCUT2D eigenvalue weighted by Crippen LogP contribution is -2.44. The van der Waals surface area contributed by atoms with Crippen LogP contribution in [0.5, 0.6) is 0 Å². The molecule has 3 heteroatoms. The highest BCUT2D eigenvalue weighted by Crippen LogP contribution is 2.36. The van der Waals surface area contributed by atoms with E-state index in [2.05, 4.69) is 40.3 Å². The maximum Gasteiger partial charge on any atom is 0.171 e. The van der Waals surface area contributed by atoms with Gasteiger partial charge in [0.25, 0.3) is 0 Å². The summed E-state index contributed by atoms with van der Waals surface area (Å²) in [4.78, 5) is 0. The fourth-order valence-electron chi connectivity index (χ4n) is 3.63. The summed E-state index contributed by atoms with van der Waals surface area (Å²) in [5, 5.41) is 0. The molecule has 0 rings (SSSR count). The van der Waals surface area contributed by atoms with E-state index in [9.17, 15) is 0 Å². The molecule has 0 aromatic carbocycles. The highest BCUT2D eigenvalue weighted by molar-refractivity contribution is 7.80. The number of hydrogen-bond donors (Lipinski definition) is 1. The Hall–Kier alpha value is 0.270. The van der Waals surface area contributed by atoms with Crippen molar-refractivity contribution in [2.75, 3.05) is 19.0 Å². The van der Waals surface area contributed by atoms with Gasteiger partial charge in [0.1, 0.15) is 0 Å². The van der Waals surface area contributed by atoms with Crippen LogP contribution in [0.25, 0.3) is 0 Å². The summed E-state index contributed by atoms with van der Waals surface area (Å²) < 4.78 is 12.6. The van der Waals surface area contributed by atoms with Gasteiger partial charge in [0.15, 0.2) is 5.79 Å².